The van der Waals surface area contributed by atoms with Crippen LogP contribution >= 0.6 is 0 Å². The van der Waals surface area contributed by atoms with Crippen molar-refractivity contribution in [2.45, 2.75) is 32.7 Å². The fourth-order valence-electron chi connectivity index (χ4n) is 1.81. The number of nitrogens with one attached hydrogen (secondary N) is 1. The van der Waals surface area contributed by atoms with Gasteiger partial charge in [0, 0.05) is 40.3 Å². The molecule has 0 atom stereocenters. The number of hydrogen-bond donors (Lipinski definition) is 1. The number of hydrogen-bond acceptors (Lipinski definition) is 2. The Morgan fingerprint density at radius 2 is 1.82 bits per heavy atom. The minimum atomic E-state index is 0.275. The van der Waals surface area contributed by atoms with Gasteiger partial charge in [-0.3, -0.25) is 15.3 Å². The molecule has 0 aromatic rings. The standard InChI is InChI=1S/C12H25N5/c1-10(2)14-12(16(4)5)15-11(13-3)17-8-6-7-9-17/h10H,6-9H2,1-5H3,(H,13,14,15). The van der Waals surface area contributed by atoms with Gasteiger partial charge < -0.3 is 9.80 Å². The predicted octanol–water partition coefficient (Wildman–Crippen LogP) is 0.984. The Hall–Kier alpha value is -1.26. The number of aliphatic imine (C=N–C) groups is 2. The van der Waals surface area contributed by atoms with Gasteiger partial charge >= 0.3 is 0 Å². The molecule has 0 aromatic carbocycles. The Bertz CT molecular complexity index is 287. The van der Waals surface area contributed by atoms with Crippen LogP contribution in [0.4, 0.5) is 0 Å². The molecule has 0 spiro atoms. The number of guanidine groups is 2. The van der Waals surface area contributed by atoms with Gasteiger partial charge in [-0.1, -0.05) is 0 Å². The first kappa shape index (κ1) is 13.8. The Morgan fingerprint density at radius 3 is 2.24 bits per heavy atom. The fraction of sp³-hybridized carbons (Fsp3) is 0.833. The lowest BCUT2D eigenvalue weighted by Crippen LogP contribution is -2.47. The second kappa shape index (κ2) is 6.47. The molecule has 5 heteroatoms. The summed E-state index contributed by atoms with van der Waals surface area (Å²) in [5.74, 6) is 1.79. The summed E-state index contributed by atoms with van der Waals surface area (Å²) >= 11 is 0. The highest BCUT2D eigenvalue weighted by molar-refractivity contribution is 5.98. The third kappa shape index (κ3) is 4.24. The first-order chi connectivity index (χ1) is 8.04. The van der Waals surface area contributed by atoms with Crippen molar-refractivity contribution in [3.05, 3.63) is 0 Å². The second-order valence-electron chi connectivity index (χ2n) is 4.81. The monoisotopic (exact) mass is 239 g/mol. The quantitative estimate of drug-likeness (QED) is 0.548. The van der Waals surface area contributed by atoms with Crippen LogP contribution in [0.25, 0.3) is 0 Å². The topological polar surface area (TPSA) is 43.2 Å². The molecule has 1 N–H and O–H groups in total. The van der Waals surface area contributed by atoms with E-state index in [0.29, 0.717) is 0 Å². The molecule has 1 heterocycles. The number of likely N-dealkylation sites (tertiary alicyclic amines) is 1. The van der Waals surface area contributed by atoms with Crippen molar-refractivity contribution in [3.8, 4) is 0 Å². The largest absolute Gasteiger partial charge is 0.349 e. The first-order valence-electron chi connectivity index (χ1n) is 6.28. The molecule has 0 amide bonds. The Morgan fingerprint density at radius 1 is 1.24 bits per heavy atom. The lowest BCUT2D eigenvalue weighted by molar-refractivity contribution is 0.497. The van der Waals surface area contributed by atoms with Gasteiger partial charge in [-0.25, -0.2) is 0 Å². The van der Waals surface area contributed by atoms with Crippen LogP contribution in [-0.2, 0) is 0 Å². The minimum absolute atomic E-state index is 0.275. The van der Waals surface area contributed by atoms with E-state index >= 15 is 0 Å². The maximum Gasteiger partial charge on any atom is 0.200 e. The molecular weight excluding hydrogens is 214 g/mol. The molecule has 1 aliphatic rings. The summed E-state index contributed by atoms with van der Waals surface area (Å²) in [6.07, 6.45) is 2.50. The van der Waals surface area contributed by atoms with Crippen LogP contribution in [0.15, 0.2) is 9.98 Å². The van der Waals surface area contributed by atoms with Gasteiger partial charge in [-0.2, -0.15) is 0 Å². The summed E-state index contributed by atoms with van der Waals surface area (Å²) in [4.78, 5) is 13.1. The number of rotatable bonds is 1. The van der Waals surface area contributed by atoms with E-state index in [4.69, 9.17) is 0 Å². The maximum absolute atomic E-state index is 4.56. The predicted molar refractivity (Wildman–Crippen MR) is 73.6 cm³/mol. The fourth-order valence-corrected chi connectivity index (χ4v) is 1.81. The summed E-state index contributed by atoms with van der Waals surface area (Å²) in [6.45, 7) is 6.32. The molecule has 0 unspecified atom stereocenters. The average molecular weight is 239 g/mol. The molecule has 1 fully saturated rings. The molecule has 17 heavy (non-hydrogen) atoms. The molecule has 98 valence electrons. The van der Waals surface area contributed by atoms with Gasteiger partial charge in [0.1, 0.15) is 0 Å². The molecule has 0 saturated carbocycles. The molecular formula is C12H25N5. The van der Waals surface area contributed by atoms with Gasteiger partial charge in [-0.15, -0.1) is 0 Å². The summed E-state index contributed by atoms with van der Waals surface area (Å²) in [6, 6.07) is 0.275. The van der Waals surface area contributed by atoms with Gasteiger partial charge in [0.05, 0.1) is 0 Å². The van der Waals surface area contributed by atoms with Crippen LogP contribution in [0, 0.1) is 0 Å². The Kier molecular flexibility index (Phi) is 5.25. The van der Waals surface area contributed by atoms with E-state index in [2.05, 4.69) is 34.0 Å². The van der Waals surface area contributed by atoms with Crippen molar-refractivity contribution in [3.63, 3.8) is 0 Å². The molecule has 0 aromatic heterocycles. The van der Waals surface area contributed by atoms with Crippen molar-refractivity contribution in [1.29, 1.82) is 0 Å². The lowest BCUT2D eigenvalue weighted by atomic mass is 10.4. The van der Waals surface area contributed by atoms with Crippen molar-refractivity contribution in [2.75, 3.05) is 34.2 Å². The van der Waals surface area contributed by atoms with E-state index in [0.717, 1.165) is 25.0 Å². The summed E-state index contributed by atoms with van der Waals surface area (Å²) in [7, 11) is 5.81. The van der Waals surface area contributed by atoms with Crippen LogP contribution < -0.4 is 5.32 Å². The van der Waals surface area contributed by atoms with Gasteiger partial charge in [-0.05, 0) is 26.7 Å². The zero-order valence-electron chi connectivity index (χ0n) is 11.7. The van der Waals surface area contributed by atoms with Crippen LogP contribution in [0.3, 0.4) is 0 Å². The molecule has 0 bridgehead atoms. The zero-order valence-corrected chi connectivity index (χ0v) is 11.7. The molecule has 0 aliphatic carbocycles. The van der Waals surface area contributed by atoms with Crippen LogP contribution in [-0.4, -0.2) is 62.0 Å². The van der Waals surface area contributed by atoms with Crippen LogP contribution in [0.5, 0.6) is 0 Å². The van der Waals surface area contributed by atoms with Crippen LogP contribution in [0.1, 0.15) is 26.7 Å². The van der Waals surface area contributed by atoms with E-state index in [1.54, 1.807) is 0 Å². The summed E-state index contributed by atoms with van der Waals surface area (Å²) in [5.41, 5.74) is 0. The van der Waals surface area contributed by atoms with Crippen LogP contribution in [0.2, 0.25) is 0 Å². The van der Waals surface area contributed by atoms with Crippen molar-refractivity contribution >= 4 is 11.9 Å². The van der Waals surface area contributed by atoms with Crippen molar-refractivity contribution < 1.29 is 0 Å². The normalized spacial score (nSPS) is 17.9. The Labute approximate surface area is 105 Å². The highest BCUT2D eigenvalue weighted by Crippen LogP contribution is 2.07. The lowest BCUT2D eigenvalue weighted by Gasteiger charge is -2.25. The van der Waals surface area contributed by atoms with Gasteiger partial charge in [0.25, 0.3) is 0 Å². The molecule has 1 rings (SSSR count). The smallest absolute Gasteiger partial charge is 0.200 e. The molecule has 0 radical (unpaired) electrons. The van der Waals surface area contributed by atoms with Crippen molar-refractivity contribution in [1.82, 2.24) is 15.1 Å². The summed E-state index contributed by atoms with van der Waals surface area (Å²) < 4.78 is 0. The van der Waals surface area contributed by atoms with E-state index < -0.39 is 0 Å². The van der Waals surface area contributed by atoms with Gasteiger partial charge in [0.15, 0.2) is 0 Å². The van der Waals surface area contributed by atoms with E-state index in [9.17, 15) is 0 Å². The molecule has 5 nitrogen and oxygen atoms in total. The Balaban J connectivity index is 2.70. The highest BCUT2D eigenvalue weighted by atomic mass is 15.4. The van der Waals surface area contributed by atoms with E-state index in [1.165, 1.54) is 12.8 Å². The highest BCUT2D eigenvalue weighted by Gasteiger charge is 2.17. The second-order valence-corrected chi connectivity index (χ2v) is 4.81. The zero-order chi connectivity index (χ0) is 12.8. The maximum atomic E-state index is 4.56. The minimum Gasteiger partial charge on any atom is -0.349 e. The third-order valence-corrected chi connectivity index (χ3v) is 2.65. The van der Waals surface area contributed by atoms with E-state index in [1.807, 2.05) is 26.0 Å². The number of nitrogens with zero attached hydrogens (tertiary/aromatic N) is 4. The third-order valence-electron chi connectivity index (χ3n) is 2.65. The van der Waals surface area contributed by atoms with Crippen molar-refractivity contribution in [2.24, 2.45) is 9.98 Å². The summed E-state index contributed by atoms with van der Waals surface area (Å²) in [5, 5.41) is 3.33. The SMILES string of the molecule is CN=C(NC(=NC(C)C)N(C)C)N1CCCC1. The average Bonchev–Trinajstić information content (AvgIpc) is 2.76. The van der Waals surface area contributed by atoms with E-state index in [-0.39, 0.29) is 6.04 Å². The molecule has 1 saturated heterocycles. The van der Waals surface area contributed by atoms with Gasteiger partial charge in [0.2, 0.25) is 11.9 Å². The molecule has 1 aliphatic heterocycles. The first-order valence-corrected chi connectivity index (χ1v) is 6.28.